The minimum atomic E-state index is -1.61. The summed E-state index contributed by atoms with van der Waals surface area (Å²) in [6.45, 7) is 0.0255. The van der Waals surface area contributed by atoms with Gasteiger partial charge in [0, 0.05) is 11.1 Å². The van der Waals surface area contributed by atoms with Crippen molar-refractivity contribution in [2.75, 3.05) is 6.61 Å². The summed E-state index contributed by atoms with van der Waals surface area (Å²) in [4.78, 5) is 12.3. The number of hydrogen-bond donors (Lipinski definition) is 3. The third-order valence-corrected chi connectivity index (χ3v) is 5.94. The predicted molar refractivity (Wildman–Crippen MR) is 111 cm³/mol. The van der Waals surface area contributed by atoms with Gasteiger partial charge in [0.05, 0.1) is 12.8 Å². The highest BCUT2D eigenvalue weighted by Gasteiger charge is 2.52. The molecule has 3 aromatic rings. The summed E-state index contributed by atoms with van der Waals surface area (Å²) in [7, 11) is 0. The number of ether oxygens (including phenoxy) is 3. The molecular weight excluding hydrogens is 471 g/mol. The topological polar surface area (TPSA) is 134 Å². The van der Waals surface area contributed by atoms with Crippen molar-refractivity contribution in [1.82, 2.24) is 20.4 Å². The van der Waals surface area contributed by atoms with E-state index in [4.69, 9.17) is 20.1 Å². The van der Waals surface area contributed by atoms with Crippen molar-refractivity contribution in [1.29, 1.82) is 0 Å². The molecule has 10 nitrogen and oxygen atoms in total. The van der Waals surface area contributed by atoms with Crippen LogP contribution in [0.1, 0.15) is 17.9 Å². The van der Waals surface area contributed by atoms with Crippen LogP contribution >= 0.6 is 0 Å². The zero-order valence-electron chi connectivity index (χ0n) is 17.9. The number of hydrogen-bond acceptors (Lipinski definition) is 8. The fourth-order valence-electron chi connectivity index (χ4n) is 4.26. The van der Waals surface area contributed by atoms with Crippen molar-refractivity contribution >= 4 is 5.91 Å². The fraction of sp³-hybridized carbons (Fsp3) is 0.318. The molecule has 1 amide bonds. The number of nitrogens with two attached hydrogens (primary N) is 1. The number of nitrogens with one attached hydrogen (secondary N) is 1. The van der Waals surface area contributed by atoms with E-state index >= 15 is 0 Å². The Labute approximate surface area is 196 Å². The second kappa shape index (κ2) is 9.36. The third-order valence-electron chi connectivity index (χ3n) is 5.94. The van der Waals surface area contributed by atoms with Gasteiger partial charge in [-0.3, -0.25) is 10.2 Å². The standard InChI is InChI=1S/C22H20F3N5O5/c23-12-6-11(7-13(24)16(12)25)14-8-30(29-28-14)17-18(31)20(21(32)27-26)34-15-9-33-22(35-19(15)17)10-4-2-1-3-5-10/h1-8,15,17-20,22,31H,9,26H2,(H,27,32)/t15-,17-,18-,19+,20-,22?/m1/s1. The van der Waals surface area contributed by atoms with E-state index in [9.17, 15) is 23.1 Å². The lowest BCUT2D eigenvalue weighted by atomic mass is 9.91. The van der Waals surface area contributed by atoms with Crippen LogP contribution in [-0.2, 0) is 19.0 Å². The average Bonchev–Trinajstić information content (AvgIpc) is 3.36. The van der Waals surface area contributed by atoms with Crippen molar-refractivity contribution < 1.29 is 37.3 Å². The molecule has 5 rings (SSSR count). The minimum Gasteiger partial charge on any atom is -0.387 e. The fourth-order valence-corrected chi connectivity index (χ4v) is 4.26. The van der Waals surface area contributed by atoms with Crippen molar-refractivity contribution in [2.45, 2.75) is 36.7 Å². The molecule has 2 saturated heterocycles. The first-order valence-corrected chi connectivity index (χ1v) is 10.6. The number of halogens is 3. The van der Waals surface area contributed by atoms with Gasteiger partial charge in [-0.1, -0.05) is 35.5 Å². The normalized spacial score (nSPS) is 28.4. The Bertz CT molecular complexity index is 1210. The number of nitrogens with zero attached hydrogens (tertiary/aromatic N) is 3. The molecule has 0 saturated carbocycles. The Balaban J connectivity index is 1.50. The molecule has 184 valence electrons. The van der Waals surface area contributed by atoms with E-state index in [0.717, 1.165) is 17.7 Å². The molecule has 13 heteroatoms. The van der Waals surface area contributed by atoms with Gasteiger partial charge in [-0.25, -0.2) is 23.7 Å². The van der Waals surface area contributed by atoms with Gasteiger partial charge in [-0.05, 0) is 12.1 Å². The summed E-state index contributed by atoms with van der Waals surface area (Å²) >= 11 is 0. The number of carbonyl (C=O) groups is 1. The van der Waals surface area contributed by atoms with Gasteiger partial charge in [0.2, 0.25) is 0 Å². The van der Waals surface area contributed by atoms with Gasteiger partial charge in [0.25, 0.3) is 5.91 Å². The third kappa shape index (κ3) is 4.28. The Hall–Kier alpha value is -3.36. The Kier molecular flexibility index (Phi) is 6.25. The average molecular weight is 491 g/mol. The maximum atomic E-state index is 13.7. The molecule has 2 fully saturated rings. The second-order valence-electron chi connectivity index (χ2n) is 8.10. The number of aliphatic hydroxyl groups excluding tert-OH is 1. The van der Waals surface area contributed by atoms with Gasteiger partial charge in [0.15, 0.2) is 29.8 Å². The van der Waals surface area contributed by atoms with Crippen LogP contribution in [0.25, 0.3) is 11.3 Å². The largest absolute Gasteiger partial charge is 0.387 e. The molecule has 1 aromatic heterocycles. The summed E-state index contributed by atoms with van der Waals surface area (Å²) in [6, 6.07) is 9.58. The molecule has 4 N–H and O–H groups in total. The van der Waals surface area contributed by atoms with E-state index in [2.05, 4.69) is 10.3 Å². The van der Waals surface area contributed by atoms with Crippen LogP contribution in [0.15, 0.2) is 48.7 Å². The summed E-state index contributed by atoms with van der Waals surface area (Å²) in [6.07, 6.45) is -4.03. The van der Waals surface area contributed by atoms with Crippen molar-refractivity contribution in [3.63, 3.8) is 0 Å². The van der Waals surface area contributed by atoms with Gasteiger partial charge < -0.3 is 19.3 Å². The van der Waals surface area contributed by atoms with Crippen LogP contribution in [0.4, 0.5) is 13.2 Å². The molecule has 0 spiro atoms. The van der Waals surface area contributed by atoms with Gasteiger partial charge in [0.1, 0.15) is 30.0 Å². The maximum absolute atomic E-state index is 13.7. The number of fused-ring (bicyclic) bond motifs is 1. The summed E-state index contributed by atoms with van der Waals surface area (Å²) in [5, 5.41) is 19.0. The number of hydrazine groups is 1. The maximum Gasteiger partial charge on any atom is 0.265 e. The minimum absolute atomic E-state index is 0.00420. The zero-order chi connectivity index (χ0) is 24.7. The first-order chi connectivity index (χ1) is 16.9. The van der Waals surface area contributed by atoms with Crippen LogP contribution in [-0.4, -0.2) is 57.0 Å². The lowest BCUT2D eigenvalue weighted by Gasteiger charge is -2.47. The van der Waals surface area contributed by atoms with Crippen molar-refractivity contribution in [3.8, 4) is 11.3 Å². The monoisotopic (exact) mass is 491 g/mol. The molecular formula is C22H20F3N5O5. The van der Waals surface area contributed by atoms with Gasteiger partial charge in [-0.15, -0.1) is 5.10 Å². The Morgan fingerprint density at radius 2 is 1.86 bits per heavy atom. The number of benzene rings is 2. The first kappa shape index (κ1) is 23.4. The van der Waals surface area contributed by atoms with E-state index in [1.54, 1.807) is 12.1 Å². The van der Waals surface area contributed by atoms with Crippen LogP contribution in [0.5, 0.6) is 0 Å². The first-order valence-electron chi connectivity index (χ1n) is 10.6. The number of carbonyl (C=O) groups excluding carboxylic acids is 1. The van der Waals surface area contributed by atoms with Crippen LogP contribution in [0.3, 0.4) is 0 Å². The Morgan fingerprint density at radius 1 is 1.14 bits per heavy atom. The highest BCUT2D eigenvalue weighted by atomic mass is 19.2. The van der Waals surface area contributed by atoms with Gasteiger partial charge >= 0.3 is 0 Å². The zero-order valence-corrected chi connectivity index (χ0v) is 17.9. The molecule has 0 bridgehead atoms. The lowest BCUT2D eigenvalue weighted by molar-refractivity contribution is -0.312. The number of aliphatic hydroxyl groups is 1. The van der Waals surface area contributed by atoms with E-state index < -0.39 is 60.1 Å². The van der Waals surface area contributed by atoms with Crippen LogP contribution in [0, 0.1) is 17.5 Å². The van der Waals surface area contributed by atoms with Crippen LogP contribution in [0.2, 0.25) is 0 Å². The lowest BCUT2D eigenvalue weighted by Crippen LogP contribution is -2.63. The number of aromatic nitrogens is 3. The smallest absolute Gasteiger partial charge is 0.265 e. The molecule has 0 aliphatic carbocycles. The second-order valence-corrected chi connectivity index (χ2v) is 8.10. The van der Waals surface area contributed by atoms with Crippen LogP contribution < -0.4 is 11.3 Å². The summed E-state index contributed by atoms with van der Waals surface area (Å²) in [5.41, 5.74) is 2.60. The molecule has 35 heavy (non-hydrogen) atoms. The molecule has 3 heterocycles. The molecule has 1 unspecified atom stereocenters. The quantitative estimate of drug-likeness (QED) is 0.214. The molecule has 2 aliphatic heterocycles. The van der Waals surface area contributed by atoms with E-state index in [-0.39, 0.29) is 17.9 Å². The number of amides is 1. The highest BCUT2D eigenvalue weighted by molar-refractivity contribution is 5.81. The van der Waals surface area contributed by atoms with E-state index in [1.165, 1.54) is 10.9 Å². The Morgan fingerprint density at radius 3 is 2.54 bits per heavy atom. The molecule has 2 aliphatic rings. The van der Waals surface area contributed by atoms with Crippen molar-refractivity contribution in [3.05, 3.63) is 71.7 Å². The molecule has 0 radical (unpaired) electrons. The van der Waals surface area contributed by atoms with Crippen molar-refractivity contribution in [2.24, 2.45) is 5.84 Å². The van der Waals surface area contributed by atoms with E-state index in [1.807, 2.05) is 23.6 Å². The molecule has 2 aromatic carbocycles. The summed E-state index contributed by atoms with van der Waals surface area (Å²) < 4.78 is 59.7. The SMILES string of the molecule is NNC(=O)[C@@H]1O[C@@H]2COC(c3ccccc3)O[C@@H]2[C@H](n2cc(-c3cc(F)c(F)c(F)c3)nn2)[C@H]1O. The number of rotatable bonds is 4. The van der Waals surface area contributed by atoms with E-state index in [0.29, 0.717) is 0 Å². The molecule has 6 atom stereocenters. The van der Waals surface area contributed by atoms with Gasteiger partial charge in [-0.2, -0.15) is 0 Å². The highest BCUT2D eigenvalue weighted by Crippen LogP contribution is 2.39. The predicted octanol–water partition coefficient (Wildman–Crippen LogP) is 1.14. The summed E-state index contributed by atoms with van der Waals surface area (Å²) in [5.74, 6) is 0.0741.